The number of aromatic nitrogens is 2. The molecule has 184 valence electrons. The lowest BCUT2D eigenvalue weighted by Gasteiger charge is -2.28. The van der Waals surface area contributed by atoms with E-state index in [9.17, 15) is 9.59 Å². The van der Waals surface area contributed by atoms with E-state index in [-0.39, 0.29) is 36.3 Å². The van der Waals surface area contributed by atoms with Crippen molar-refractivity contribution in [3.63, 3.8) is 0 Å². The van der Waals surface area contributed by atoms with Crippen molar-refractivity contribution in [3.05, 3.63) is 33.4 Å². The van der Waals surface area contributed by atoms with Gasteiger partial charge in [0.15, 0.2) is 17.6 Å². The molecule has 10 nitrogen and oxygen atoms in total. The Kier molecular flexibility index (Phi) is 6.48. The Balaban J connectivity index is 1.59. The van der Waals surface area contributed by atoms with Gasteiger partial charge in [0.25, 0.3) is 5.91 Å². The summed E-state index contributed by atoms with van der Waals surface area (Å²) in [6.07, 6.45) is 0.420. The molecule has 0 aliphatic carbocycles. The predicted molar refractivity (Wildman–Crippen MR) is 126 cm³/mol. The van der Waals surface area contributed by atoms with Gasteiger partial charge in [0.05, 0.1) is 22.6 Å². The number of carbonyl (C=O) groups is 2. The number of nitrogen functional groups attached to an aromatic ring is 1. The molecule has 2 aliphatic heterocycles. The van der Waals surface area contributed by atoms with E-state index in [2.05, 4.69) is 5.10 Å². The third-order valence-electron chi connectivity index (χ3n) is 5.61. The molecule has 0 bridgehead atoms. The molecule has 1 aromatic carbocycles. The number of likely N-dealkylation sites (tertiary alicyclic amines) is 1. The molecule has 2 aliphatic rings. The molecule has 3 heterocycles. The van der Waals surface area contributed by atoms with Crippen LogP contribution >= 0.6 is 23.2 Å². The van der Waals surface area contributed by atoms with Crippen LogP contribution in [0.25, 0.3) is 0 Å². The standard InChI is InChI=1S/C22H27Cl2N5O5/c1-22(2,3)34-21(31)28-6-4-5-11(28)9-29-19(25)17(20(26)30)18(27-29)16-10-32-14-7-12(23)13(24)8-15(14)33-16/h7-8,11,16H,4-6,9-10,25H2,1-3H3,(H2,26,30)/t11-,16?/m0/s1. The first-order valence-electron chi connectivity index (χ1n) is 10.9. The maximum Gasteiger partial charge on any atom is 0.410 e. The van der Waals surface area contributed by atoms with Crippen LogP contribution in [0.2, 0.25) is 10.0 Å². The molecule has 1 fully saturated rings. The largest absolute Gasteiger partial charge is 0.485 e. The maximum absolute atomic E-state index is 12.7. The number of primary amides is 1. The highest BCUT2D eigenvalue weighted by molar-refractivity contribution is 6.42. The lowest BCUT2D eigenvalue weighted by atomic mass is 10.1. The molecule has 1 saturated heterocycles. The van der Waals surface area contributed by atoms with E-state index in [4.69, 9.17) is 48.9 Å². The number of halogens is 2. The lowest BCUT2D eigenvalue weighted by Crippen LogP contribution is -2.41. The minimum Gasteiger partial charge on any atom is -0.485 e. The van der Waals surface area contributed by atoms with E-state index >= 15 is 0 Å². The van der Waals surface area contributed by atoms with Crippen LogP contribution < -0.4 is 20.9 Å². The lowest BCUT2D eigenvalue weighted by molar-refractivity contribution is 0.0211. The highest BCUT2D eigenvalue weighted by Crippen LogP contribution is 2.42. The van der Waals surface area contributed by atoms with E-state index in [0.717, 1.165) is 12.8 Å². The maximum atomic E-state index is 12.7. The van der Waals surface area contributed by atoms with Gasteiger partial charge in [-0.25, -0.2) is 9.48 Å². The molecule has 2 amide bonds. The molecule has 0 saturated carbocycles. The number of amides is 2. The molecule has 0 radical (unpaired) electrons. The summed E-state index contributed by atoms with van der Waals surface area (Å²) in [5.74, 6) is 0.151. The second-order valence-corrected chi connectivity index (χ2v) is 10.1. The topological polar surface area (TPSA) is 135 Å². The molecule has 4 N–H and O–H groups in total. The van der Waals surface area contributed by atoms with Gasteiger partial charge < -0.3 is 30.6 Å². The molecule has 4 rings (SSSR count). The highest BCUT2D eigenvalue weighted by Gasteiger charge is 2.36. The van der Waals surface area contributed by atoms with Crippen molar-refractivity contribution >= 4 is 41.0 Å². The number of rotatable bonds is 4. The van der Waals surface area contributed by atoms with Gasteiger partial charge in [0.2, 0.25) is 0 Å². The molecule has 1 unspecified atom stereocenters. The fourth-order valence-electron chi connectivity index (χ4n) is 4.10. The summed E-state index contributed by atoms with van der Waals surface area (Å²) in [5, 5.41) is 5.18. The Hall–Kier alpha value is -2.85. The van der Waals surface area contributed by atoms with Crippen molar-refractivity contribution in [3.8, 4) is 11.5 Å². The number of ether oxygens (including phenoxy) is 3. The number of nitrogens with zero attached hydrogens (tertiary/aromatic N) is 3. The van der Waals surface area contributed by atoms with Gasteiger partial charge in [-0.2, -0.15) is 5.10 Å². The van der Waals surface area contributed by atoms with Crippen LogP contribution in [0.3, 0.4) is 0 Å². The number of anilines is 1. The summed E-state index contributed by atoms with van der Waals surface area (Å²) in [7, 11) is 0. The monoisotopic (exact) mass is 511 g/mol. The zero-order chi connectivity index (χ0) is 24.8. The van der Waals surface area contributed by atoms with Crippen molar-refractivity contribution in [2.45, 2.75) is 57.9 Å². The molecular formula is C22H27Cl2N5O5. The Morgan fingerprint density at radius 3 is 2.56 bits per heavy atom. The number of nitrogens with two attached hydrogens (primary N) is 2. The van der Waals surface area contributed by atoms with E-state index in [1.54, 1.807) is 11.0 Å². The SMILES string of the molecule is CC(C)(C)OC(=O)N1CCC[C@H]1Cn1nc(C2COc3cc(Cl)c(Cl)cc3O2)c(C(N)=O)c1N. The summed E-state index contributed by atoms with van der Waals surface area (Å²) in [5.41, 5.74) is 11.6. The highest BCUT2D eigenvalue weighted by atomic mass is 35.5. The Morgan fingerprint density at radius 2 is 1.91 bits per heavy atom. The van der Waals surface area contributed by atoms with Crippen molar-refractivity contribution in [2.24, 2.45) is 5.73 Å². The fourth-order valence-corrected chi connectivity index (χ4v) is 4.41. The average Bonchev–Trinajstić information content (AvgIpc) is 3.32. The zero-order valence-electron chi connectivity index (χ0n) is 19.1. The normalized spacial score (nSPS) is 19.9. The molecule has 12 heteroatoms. The number of fused-ring (bicyclic) bond motifs is 1. The van der Waals surface area contributed by atoms with E-state index in [0.29, 0.717) is 28.1 Å². The summed E-state index contributed by atoms with van der Waals surface area (Å²) in [6.45, 7) is 6.36. The fraction of sp³-hybridized carbons (Fsp3) is 0.500. The van der Waals surface area contributed by atoms with Gasteiger partial charge in [0.1, 0.15) is 29.3 Å². The predicted octanol–water partition coefficient (Wildman–Crippen LogP) is 3.78. The minimum absolute atomic E-state index is 0.0546. The van der Waals surface area contributed by atoms with Gasteiger partial charge >= 0.3 is 6.09 Å². The van der Waals surface area contributed by atoms with Crippen LogP contribution in [0.15, 0.2) is 12.1 Å². The third-order valence-corrected chi connectivity index (χ3v) is 6.33. The summed E-state index contributed by atoms with van der Waals surface area (Å²) < 4.78 is 18.8. The first-order chi connectivity index (χ1) is 15.9. The molecule has 2 aromatic rings. The van der Waals surface area contributed by atoms with E-state index in [1.807, 2.05) is 20.8 Å². The molecule has 2 atom stereocenters. The summed E-state index contributed by atoms with van der Waals surface area (Å²) in [4.78, 5) is 26.6. The first kappa shape index (κ1) is 24.3. The van der Waals surface area contributed by atoms with Gasteiger partial charge in [0, 0.05) is 18.7 Å². The van der Waals surface area contributed by atoms with Crippen LogP contribution in [0.1, 0.15) is 55.8 Å². The van der Waals surface area contributed by atoms with Crippen LogP contribution in [-0.2, 0) is 11.3 Å². The zero-order valence-corrected chi connectivity index (χ0v) is 20.7. The third kappa shape index (κ3) is 4.83. The number of carbonyl (C=O) groups excluding carboxylic acids is 2. The quantitative estimate of drug-likeness (QED) is 0.637. The van der Waals surface area contributed by atoms with Gasteiger partial charge in [-0.15, -0.1) is 0 Å². The smallest absolute Gasteiger partial charge is 0.410 e. The van der Waals surface area contributed by atoms with Crippen molar-refractivity contribution in [1.29, 1.82) is 0 Å². The summed E-state index contributed by atoms with van der Waals surface area (Å²) >= 11 is 12.1. The second kappa shape index (κ2) is 9.07. The molecule has 34 heavy (non-hydrogen) atoms. The number of benzene rings is 1. The Labute approximate surface area is 207 Å². The van der Waals surface area contributed by atoms with Crippen LogP contribution in [0.4, 0.5) is 10.6 Å². The van der Waals surface area contributed by atoms with Gasteiger partial charge in [-0.05, 0) is 33.6 Å². The van der Waals surface area contributed by atoms with Crippen LogP contribution in [-0.4, -0.2) is 51.5 Å². The van der Waals surface area contributed by atoms with Crippen molar-refractivity contribution < 1.29 is 23.8 Å². The van der Waals surface area contributed by atoms with Crippen LogP contribution in [0, 0.1) is 0 Å². The van der Waals surface area contributed by atoms with Crippen molar-refractivity contribution in [1.82, 2.24) is 14.7 Å². The number of hydrogen-bond acceptors (Lipinski definition) is 7. The Morgan fingerprint density at radius 1 is 1.24 bits per heavy atom. The average molecular weight is 512 g/mol. The molecular weight excluding hydrogens is 485 g/mol. The minimum atomic E-state index is -0.749. The Bertz CT molecular complexity index is 1130. The van der Waals surface area contributed by atoms with Gasteiger partial charge in [-0.3, -0.25) is 4.79 Å². The molecule has 0 spiro atoms. The summed E-state index contributed by atoms with van der Waals surface area (Å²) in [6, 6.07) is 2.89. The second-order valence-electron chi connectivity index (χ2n) is 9.29. The first-order valence-corrected chi connectivity index (χ1v) is 11.6. The number of hydrogen-bond donors (Lipinski definition) is 2. The van der Waals surface area contributed by atoms with Gasteiger partial charge in [-0.1, -0.05) is 23.2 Å². The van der Waals surface area contributed by atoms with Crippen molar-refractivity contribution in [2.75, 3.05) is 18.9 Å². The van der Waals surface area contributed by atoms with Crippen LogP contribution in [0.5, 0.6) is 11.5 Å². The molecule has 1 aromatic heterocycles. The van der Waals surface area contributed by atoms with E-state index in [1.165, 1.54) is 10.7 Å². The van der Waals surface area contributed by atoms with E-state index < -0.39 is 23.7 Å².